The van der Waals surface area contributed by atoms with Gasteiger partial charge in [-0.15, -0.1) is 0 Å². The summed E-state index contributed by atoms with van der Waals surface area (Å²) in [5.74, 6) is 0.181. The van der Waals surface area contributed by atoms with Crippen molar-refractivity contribution >= 4 is 5.78 Å². The lowest BCUT2D eigenvalue weighted by atomic mass is 10.1. The van der Waals surface area contributed by atoms with Crippen molar-refractivity contribution in [2.75, 3.05) is 0 Å². The van der Waals surface area contributed by atoms with Crippen LogP contribution in [0, 0.1) is 20.8 Å². The molecular weight excluding hydrogens is 224 g/mol. The molecule has 2 aromatic rings. The first-order chi connectivity index (χ1) is 8.58. The Kier molecular flexibility index (Phi) is 3.60. The number of carbonyl (C=O) groups excluding carboxylic acids is 1. The van der Waals surface area contributed by atoms with E-state index >= 15 is 0 Å². The van der Waals surface area contributed by atoms with E-state index in [1.165, 1.54) is 5.56 Å². The average Bonchev–Trinajstić information content (AvgIpc) is 2.68. The molecular formula is C15H18N2O. The molecule has 0 saturated heterocycles. The molecule has 0 N–H and O–H groups in total. The van der Waals surface area contributed by atoms with Crippen LogP contribution in [0.25, 0.3) is 0 Å². The Labute approximate surface area is 107 Å². The van der Waals surface area contributed by atoms with Crippen molar-refractivity contribution in [1.82, 2.24) is 9.55 Å². The van der Waals surface area contributed by atoms with Crippen LogP contribution in [0.2, 0.25) is 0 Å². The van der Waals surface area contributed by atoms with Crippen molar-refractivity contribution in [3.05, 3.63) is 53.1 Å². The van der Waals surface area contributed by atoms with Crippen LogP contribution >= 0.6 is 0 Å². The number of carbonyl (C=O) groups is 1. The summed E-state index contributed by atoms with van der Waals surface area (Å²) in [7, 11) is 0. The Morgan fingerprint density at radius 1 is 1.17 bits per heavy atom. The first-order valence-corrected chi connectivity index (χ1v) is 6.16. The molecule has 18 heavy (non-hydrogen) atoms. The van der Waals surface area contributed by atoms with Crippen molar-refractivity contribution in [2.24, 2.45) is 0 Å². The number of rotatable bonds is 4. The molecule has 0 unspecified atom stereocenters. The second-order valence-corrected chi connectivity index (χ2v) is 4.65. The first-order valence-electron chi connectivity index (χ1n) is 6.16. The maximum absolute atomic E-state index is 12.0. The van der Waals surface area contributed by atoms with Gasteiger partial charge in [-0.05, 0) is 20.8 Å². The molecule has 1 aromatic heterocycles. The minimum absolute atomic E-state index is 0.181. The van der Waals surface area contributed by atoms with Crippen LogP contribution in [0.4, 0.5) is 0 Å². The first kappa shape index (κ1) is 12.6. The van der Waals surface area contributed by atoms with Gasteiger partial charge in [-0.1, -0.05) is 29.8 Å². The van der Waals surface area contributed by atoms with Gasteiger partial charge in [-0.25, -0.2) is 4.98 Å². The van der Waals surface area contributed by atoms with Crippen LogP contribution in [0.1, 0.15) is 33.7 Å². The summed E-state index contributed by atoms with van der Waals surface area (Å²) in [6, 6.07) is 7.73. The SMILES string of the molecule is Cc1ccc(C(=O)CCn2cnc(C)c2C)cc1. The van der Waals surface area contributed by atoms with Gasteiger partial charge in [0.15, 0.2) is 5.78 Å². The fraction of sp³-hybridized carbons (Fsp3) is 0.333. The third kappa shape index (κ3) is 2.67. The van der Waals surface area contributed by atoms with Gasteiger partial charge in [0.05, 0.1) is 12.0 Å². The summed E-state index contributed by atoms with van der Waals surface area (Å²) in [5.41, 5.74) is 4.12. The lowest BCUT2D eigenvalue weighted by molar-refractivity contribution is 0.0977. The molecule has 0 radical (unpaired) electrons. The molecule has 0 amide bonds. The monoisotopic (exact) mass is 242 g/mol. The van der Waals surface area contributed by atoms with Crippen molar-refractivity contribution in [3.8, 4) is 0 Å². The smallest absolute Gasteiger partial charge is 0.164 e. The van der Waals surface area contributed by atoms with Crippen molar-refractivity contribution in [2.45, 2.75) is 33.7 Å². The molecule has 94 valence electrons. The Morgan fingerprint density at radius 2 is 1.83 bits per heavy atom. The largest absolute Gasteiger partial charge is 0.334 e. The van der Waals surface area contributed by atoms with E-state index in [0.29, 0.717) is 13.0 Å². The van der Waals surface area contributed by atoms with Crippen molar-refractivity contribution in [1.29, 1.82) is 0 Å². The predicted molar refractivity (Wildman–Crippen MR) is 71.8 cm³/mol. The van der Waals surface area contributed by atoms with Crippen LogP contribution in [-0.2, 0) is 6.54 Å². The zero-order valence-electron chi connectivity index (χ0n) is 11.1. The van der Waals surface area contributed by atoms with E-state index in [9.17, 15) is 4.79 Å². The zero-order chi connectivity index (χ0) is 13.1. The predicted octanol–water partition coefficient (Wildman–Crippen LogP) is 3.08. The molecule has 2 rings (SSSR count). The lowest BCUT2D eigenvalue weighted by Crippen LogP contribution is -2.06. The van der Waals surface area contributed by atoms with Crippen molar-refractivity contribution < 1.29 is 4.79 Å². The third-order valence-electron chi connectivity index (χ3n) is 3.30. The fourth-order valence-corrected chi connectivity index (χ4v) is 1.88. The summed E-state index contributed by atoms with van der Waals surface area (Å²) < 4.78 is 2.03. The van der Waals surface area contributed by atoms with E-state index in [1.54, 1.807) is 6.33 Å². The summed E-state index contributed by atoms with van der Waals surface area (Å²) in [6.45, 7) is 6.72. The minimum atomic E-state index is 0.181. The fourth-order valence-electron chi connectivity index (χ4n) is 1.88. The average molecular weight is 242 g/mol. The van der Waals surface area contributed by atoms with E-state index in [-0.39, 0.29) is 5.78 Å². The normalized spacial score (nSPS) is 10.6. The number of aryl methyl sites for hydroxylation is 3. The molecule has 3 nitrogen and oxygen atoms in total. The van der Waals surface area contributed by atoms with Crippen LogP contribution in [0.15, 0.2) is 30.6 Å². The summed E-state index contributed by atoms with van der Waals surface area (Å²) >= 11 is 0. The molecule has 0 bridgehead atoms. The molecule has 1 aromatic carbocycles. The molecule has 0 spiro atoms. The maximum Gasteiger partial charge on any atom is 0.164 e. The second kappa shape index (κ2) is 5.17. The summed E-state index contributed by atoms with van der Waals surface area (Å²) in [6.07, 6.45) is 2.31. The van der Waals surface area contributed by atoms with E-state index in [0.717, 1.165) is 17.0 Å². The minimum Gasteiger partial charge on any atom is -0.334 e. The second-order valence-electron chi connectivity index (χ2n) is 4.65. The quantitative estimate of drug-likeness (QED) is 0.772. The Bertz CT molecular complexity index is 552. The highest BCUT2D eigenvalue weighted by atomic mass is 16.1. The Morgan fingerprint density at radius 3 is 2.39 bits per heavy atom. The Balaban J connectivity index is 2.00. The van der Waals surface area contributed by atoms with Gasteiger partial charge >= 0.3 is 0 Å². The highest BCUT2D eigenvalue weighted by molar-refractivity contribution is 5.96. The van der Waals surface area contributed by atoms with Crippen LogP contribution < -0.4 is 0 Å². The van der Waals surface area contributed by atoms with Gasteiger partial charge in [0.25, 0.3) is 0 Å². The summed E-state index contributed by atoms with van der Waals surface area (Å²) in [4.78, 5) is 16.2. The topological polar surface area (TPSA) is 34.9 Å². The number of hydrogen-bond acceptors (Lipinski definition) is 2. The number of benzene rings is 1. The number of imidazole rings is 1. The maximum atomic E-state index is 12.0. The number of ketones is 1. The van der Waals surface area contributed by atoms with Gasteiger partial charge in [0.2, 0.25) is 0 Å². The molecule has 0 saturated carbocycles. The standard InChI is InChI=1S/C15H18N2O/c1-11-4-6-14(7-5-11)15(18)8-9-17-10-16-12(2)13(17)3/h4-7,10H,8-9H2,1-3H3. The number of Topliss-reactive ketones (excluding diaryl/α,β-unsaturated/α-hetero) is 1. The molecule has 1 heterocycles. The molecule has 0 aliphatic heterocycles. The van der Waals surface area contributed by atoms with E-state index in [1.807, 2.05) is 49.6 Å². The van der Waals surface area contributed by atoms with E-state index in [2.05, 4.69) is 4.98 Å². The van der Waals surface area contributed by atoms with Gasteiger partial charge in [-0.2, -0.15) is 0 Å². The Hall–Kier alpha value is -1.90. The molecule has 0 fully saturated rings. The molecule has 3 heteroatoms. The lowest BCUT2D eigenvalue weighted by Gasteiger charge is -2.05. The number of aromatic nitrogens is 2. The van der Waals surface area contributed by atoms with Crippen molar-refractivity contribution in [3.63, 3.8) is 0 Å². The van der Waals surface area contributed by atoms with E-state index < -0.39 is 0 Å². The zero-order valence-corrected chi connectivity index (χ0v) is 11.1. The number of hydrogen-bond donors (Lipinski definition) is 0. The van der Waals surface area contributed by atoms with Gasteiger partial charge in [0, 0.05) is 24.2 Å². The van der Waals surface area contributed by atoms with Crippen LogP contribution in [-0.4, -0.2) is 15.3 Å². The molecule has 0 aliphatic carbocycles. The van der Waals surface area contributed by atoms with Crippen LogP contribution in [0.5, 0.6) is 0 Å². The summed E-state index contributed by atoms with van der Waals surface area (Å²) in [5, 5.41) is 0. The molecule has 0 atom stereocenters. The molecule has 0 aliphatic rings. The van der Waals surface area contributed by atoms with Gasteiger partial charge < -0.3 is 4.57 Å². The number of nitrogens with zero attached hydrogens (tertiary/aromatic N) is 2. The van der Waals surface area contributed by atoms with E-state index in [4.69, 9.17) is 0 Å². The highest BCUT2D eigenvalue weighted by Crippen LogP contribution is 2.09. The third-order valence-corrected chi connectivity index (χ3v) is 3.30. The van der Waals surface area contributed by atoms with Crippen LogP contribution in [0.3, 0.4) is 0 Å². The van der Waals surface area contributed by atoms with Gasteiger partial charge in [0.1, 0.15) is 0 Å². The van der Waals surface area contributed by atoms with Gasteiger partial charge in [-0.3, -0.25) is 4.79 Å². The highest BCUT2D eigenvalue weighted by Gasteiger charge is 2.07.